The molecule has 1 aromatic rings. The Bertz CT molecular complexity index is 1140. The van der Waals surface area contributed by atoms with Gasteiger partial charge in [0.25, 0.3) is 0 Å². The highest BCUT2D eigenvalue weighted by atomic mass is 16.8. The minimum absolute atomic E-state index is 0.00511. The van der Waals surface area contributed by atoms with Crippen LogP contribution < -0.4 is 33.0 Å². The Morgan fingerprint density at radius 3 is 1.52 bits per heavy atom. The number of rotatable bonds is 17. The Morgan fingerprint density at radius 1 is 0.725 bits per heavy atom. The number of nitrogens with zero attached hydrogens (tertiary/aromatic N) is 3. The van der Waals surface area contributed by atoms with Crippen molar-refractivity contribution in [1.29, 1.82) is 0 Å². The molecule has 3 N–H and O–H groups in total. The van der Waals surface area contributed by atoms with Crippen LogP contribution in [0.15, 0.2) is 14.4 Å². The van der Waals surface area contributed by atoms with E-state index in [2.05, 4.69) is 20.7 Å². The zero-order valence-corrected chi connectivity index (χ0v) is 22.9. The van der Waals surface area contributed by atoms with E-state index in [4.69, 9.17) is 9.47 Å². The summed E-state index contributed by atoms with van der Waals surface area (Å²) in [5.74, 6) is -0.354. The van der Waals surface area contributed by atoms with Gasteiger partial charge in [-0.1, -0.05) is 0 Å². The molecule has 2 rings (SSSR count). The molecular weight excluding hydrogens is 532 g/mol. The first-order chi connectivity index (χ1) is 19.1. The molecule has 1 saturated heterocycles. The Hall–Kier alpha value is -4.11. The fraction of sp³-hybridized carbons (Fsp3) is 0.708. The summed E-state index contributed by atoms with van der Waals surface area (Å²) in [5.41, 5.74) is -2.14. The molecule has 1 fully saturated rings. The second-order valence-corrected chi connectivity index (χ2v) is 9.22. The minimum Gasteiger partial charge on any atom is -0.445 e. The van der Waals surface area contributed by atoms with Gasteiger partial charge in [0, 0.05) is 53.1 Å². The predicted molar refractivity (Wildman–Crippen MR) is 140 cm³/mol. The predicted octanol–water partition coefficient (Wildman–Crippen LogP) is -0.954. The van der Waals surface area contributed by atoms with Crippen molar-refractivity contribution >= 4 is 24.1 Å². The third kappa shape index (κ3) is 10.9. The molecule has 0 saturated carbocycles. The van der Waals surface area contributed by atoms with E-state index in [9.17, 15) is 33.6 Å². The van der Waals surface area contributed by atoms with E-state index in [0.717, 1.165) is 13.7 Å². The van der Waals surface area contributed by atoms with E-state index in [-0.39, 0.29) is 51.2 Å². The summed E-state index contributed by atoms with van der Waals surface area (Å²) in [7, 11) is 0. The van der Waals surface area contributed by atoms with Gasteiger partial charge in [-0.3, -0.25) is 9.59 Å². The van der Waals surface area contributed by atoms with Gasteiger partial charge in [0.2, 0.25) is 11.8 Å². The lowest BCUT2D eigenvalue weighted by molar-refractivity contribution is -0.119. The summed E-state index contributed by atoms with van der Waals surface area (Å²) in [4.78, 5) is 83.9. The van der Waals surface area contributed by atoms with Gasteiger partial charge in [-0.05, 0) is 38.5 Å². The highest BCUT2D eigenvalue weighted by Gasteiger charge is 2.26. The topological polar surface area (TPSA) is 198 Å². The molecule has 0 spiro atoms. The van der Waals surface area contributed by atoms with E-state index >= 15 is 0 Å². The maximum Gasteiger partial charge on any atom is 0.508 e. The van der Waals surface area contributed by atoms with Gasteiger partial charge in [-0.25, -0.2) is 37.7 Å². The molecule has 3 amide bonds. The average Bonchev–Trinajstić information content (AvgIpc) is 3.32. The molecule has 0 bridgehead atoms. The Balaban J connectivity index is 1.97. The van der Waals surface area contributed by atoms with Crippen molar-refractivity contribution < 1.29 is 33.4 Å². The number of carbonyl (C=O) groups excluding carboxylic acids is 4. The smallest absolute Gasteiger partial charge is 0.445 e. The lowest BCUT2D eigenvalue weighted by Gasteiger charge is -2.14. The molecule has 2 heterocycles. The molecule has 0 aromatic carbocycles. The number of cyclic esters (lactones) is 2. The van der Waals surface area contributed by atoms with Crippen LogP contribution in [0.3, 0.4) is 0 Å². The Labute approximate surface area is 229 Å². The largest absolute Gasteiger partial charge is 0.508 e. The number of aromatic nitrogens is 3. The summed E-state index contributed by atoms with van der Waals surface area (Å²) >= 11 is 0. The maximum atomic E-state index is 13.1. The van der Waals surface area contributed by atoms with Crippen molar-refractivity contribution in [2.75, 3.05) is 32.8 Å². The number of alkyl carbamates (subject to hydrolysis) is 1. The number of hydrogen-bond donors (Lipinski definition) is 3. The van der Waals surface area contributed by atoms with E-state index in [1.54, 1.807) is 0 Å². The normalized spacial score (nSPS) is 14.2. The SMILES string of the molecule is CC(=O)NCCCCn1c(=O)n(CCCCNC(C)=O)c(=O)n(CCCCNC(=O)OCC2COC(=O)O2)c1=O. The van der Waals surface area contributed by atoms with Crippen LogP contribution in [0.2, 0.25) is 0 Å². The quantitative estimate of drug-likeness (QED) is 0.155. The summed E-state index contributed by atoms with van der Waals surface area (Å²) in [6.07, 6.45) is 0.543. The van der Waals surface area contributed by atoms with Crippen LogP contribution in [0.1, 0.15) is 52.4 Å². The second-order valence-electron chi connectivity index (χ2n) is 9.22. The summed E-state index contributed by atoms with van der Waals surface area (Å²) < 4.78 is 17.4. The van der Waals surface area contributed by atoms with Crippen LogP contribution in [0.25, 0.3) is 0 Å². The molecule has 16 nitrogen and oxygen atoms in total. The lowest BCUT2D eigenvalue weighted by Crippen LogP contribution is -2.54. The number of amides is 3. The van der Waals surface area contributed by atoms with Crippen molar-refractivity contribution in [1.82, 2.24) is 29.7 Å². The number of unbranched alkanes of at least 4 members (excludes halogenated alkanes) is 3. The van der Waals surface area contributed by atoms with E-state index in [1.165, 1.54) is 13.8 Å². The standard InChI is InChI=1S/C24H38N6O10/c1-17(31)25-9-3-6-12-28-21(34)29(13-7-4-10-26-18(2)32)23(36)30(22(28)35)14-8-5-11-27-20(33)38-15-19-16-39-24(37)40-19/h19H,3-16H2,1-2H3,(H,25,31)(H,26,32)(H,27,33). The van der Waals surface area contributed by atoms with Gasteiger partial charge in [-0.2, -0.15) is 0 Å². The highest BCUT2D eigenvalue weighted by molar-refractivity contribution is 5.73. The summed E-state index contributed by atoms with van der Waals surface area (Å²) in [5, 5.41) is 7.84. The van der Waals surface area contributed by atoms with Crippen LogP contribution >= 0.6 is 0 Å². The summed E-state index contributed by atoms with van der Waals surface area (Å²) in [6, 6.07) is 0. The number of carbonyl (C=O) groups is 4. The first-order valence-electron chi connectivity index (χ1n) is 13.3. The first-order valence-corrected chi connectivity index (χ1v) is 13.3. The third-order valence-corrected chi connectivity index (χ3v) is 5.88. The second kappa shape index (κ2) is 16.8. The van der Waals surface area contributed by atoms with Gasteiger partial charge in [0.1, 0.15) is 13.2 Å². The molecule has 0 radical (unpaired) electrons. The van der Waals surface area contributed by atoms with Gasteiger partial charge in [-0.15, -0.1) is 0 Å². The highest BCUT2D eigenvalue weighted by Crippen LogP contribution is 2.06. The van der Waals surface area contributed by atoms with Crippen LogP contribution in [0.5, 0.6) is 0 Å². The van der Waals surface area contributed by atoms with Crippen LogP contribution in [-0.4, -0.2) is 76.7 Å². The van der Waals surface area contributed by atoms with Crippen molar-refractivity contribution in [3.05, 3.63) is 31.5 Å². The van der Waals surface area contributed by atoms with Crippen molar-refractivity contribution in [3.8, 4) is 0 Å². The lowest BCUT2D eigenvalue weighted by atomic mass is 10.3. The molecule has 1 aromatic heterocycles. The fourth-order valence-corrected chi connectivity index (χ4v) is 3.83. The molecule has 1 unspecified atom stereocenters. The summed E-state index contributed by atoms with van der Waals surface area (Å²) in [6.45, 7) is 3.84. The molecule has 16 heteroatoms. The van der Waals surface area contributed by atoms with E-state index < -0.39 is 35.4 Å². The van der Waals surface area contributed by atoms with Crippen LogP contribution in [-0.2, 0) is 43.4 Å². The first kappa shape index (κ1) is 32.1. The van der Waals surface area contributed by atoms with Crippen LogP contribution in [0, 0.1) is 0 Å². The number of hydrogen-bond acceptors (Lipinski definition) is 10. The zero-order chi connectivity index (χ0) is 29.5. The molecule has 40 heavy (non-hydrogen) atoms. The van der Waals surface area contributed by atoms with Gasteiger partial charge in [0.05, 0.1) is 0 Å². The molecule has 1 aliphatic heterocycles. The number of ether oxygens (including phenoxy) is 3. The molecule has 1 atom stereocenters. The number of nitrogens with one attached hydrogen (secondary N) is 3. The molecule has 0 aliphatic carbocycles. The van der Waals surface area contributed by atoms with Gasteiger partial charge in [0.15, 0.2) is 6.10 Å². The molecule has 1 aliphatic rings. The van der Waals surface area contributed by atoms with Crippen LogP contribution in [0.4, 0.5) is 9.59 Å². The zero-order valence-electron chi connectivity index (χ0n) is 22.9. The fourth-order valence-electron chi connectivity index (χ4n) is 3.83. The molecule has 224 valence electrons. The van der Waals surface area contributed by atoms with E-state index in [0.29, 0.717) is 51.6 Å². The third-order valence-electron chi connectivity index (χ3n) is 5.88. The van der Waals surface area contributed by atoms with Crippen molar-refractivity contribution in [3.63, 3.8) is 0 Å². The average molecular weight is 571 g/mol. The Kier molecular flexibility index (Phi) is 13.5. The van der Waals surface area contributed by atoms with Gasteiger partial charge < -0.3 is 30.2 Å². The van der Waals surface area contributed by atoms with Gasteiger partial charge >= 0.3 is 29.3 Å². The van der Waals surface area contributed by atoms with Crippen molar-refractivity contribution in [2.45, 2.75) is 78.1 Å². The van der Waals surface area contributed by atoms with Crippen molar-refractivity contribution in [2.24, 2.45) is 0 Å². The van der Waals surface area contributed by atoms with E-state index in [1.807, 2.05) is 0 Å². The Morgan fingerprint density at radius 2 is 1.15 bits per heavy atom. The molecular formula is C24H38N6O10. The maximum absolute atomic E-state index is 13.1. The minimum atomic E-state index is -0.815. The monoisotopic (exact) mass is 570 g/mol.